The van der Waals surface area contributed by atoms with E-state index >= 15 is 0 Å². The van der Waals surface area contributed by atoms with Gasteiger partial charge in [0, 0.05) is 31.1 Å². The van der Waals surface area contributed by atoms with Crippen molar-refractivity contribution in [3.05, 3.63) is 46.7 Å². The summed E-state index contributed by atoms with van der Waals surface area (Å²) in [5.41, 5.74) is 1.61. The van der Waals surface area contributed by atoms with Gasteiger partial charge in [0.15, 0.2) is 5.78 Å². The predicted molar refractivity (Wildman–Crippen MR) is 111 cm³/mol. The molecule has 1 aromatic carbocycles. The van der Waals surface area contributed by atoms with Crippen molar-refractivity contribution in [1.29, 1.82) is 0 Å². The van der Waals surface area contributed by atoms with E-state index in [1.807, 2.05) is 27.7 Å². The molecule has 1 N–H and O–H groups in total. The zero-order valence-electron chi connectivity index (χ0n) is 17.5. The molecule has 1 aromatic rings. The number of aliphatic imine (C=N–C) groups is 1. The molecule has 0 unspecified atom stereocenters. The summed E-state index contributed by atoms with van der Waals surface area (Å²) in [6.45, 7) is 8.12. The van der Waals surface area contributed by atoms with Crippen LogP contribution in [0.5, 0.6) is 0 Å². The molecule has 1 aliphatic heterocycles. The first-order valence-corrected chi connectivity index (χ1v) is 10.1. The molecule has 29 heavy (non-hydrogen) atoms. The van der Waals surface area contributed by atoms with Gasteiger partial charge in [-0.15, -0.1) is 0 Å². The summed E-state index contributed by atoms with van der Waals surface area (Å²) < 4.78 is 0. The third-order valence-corrected chi connectivity index (χ3v) is 5.23. The second kappa shape index (κ2) is 7.93. The molecule has 154 valence electrons. The lowest BCUT2D eigenvalue weighted by Gasteiger charge is -2.31. The maximum atomic E-state index is 12.7. The van der Waals surface area contributed by atoms with Crippen LogP contribution in [-0.4, -0.2) is 45.9 Å². The van der Waals surface area contributed by atoms with Crippen molar-refractivity contribution in [1.82, 2.24) is 4.90 Å². The molecule has 1 heterocycles. The minimum atomic E-state index is -0.310. The van der Waals surface area contributed by atoms with Gasteiger partial charge >= 0.3 is 0 Å². The lowest BCUT2D eigenvalue weighted by molar-refractivity contribution is -0.117. The molecule has 0 aromatic heterocycles. The van der Waals surface area contributed by atoms with Crippen LogP contribution < -0.4 is 0 Å². The SMILES string of the molecule is CC(C)N=C1CC(C)(C)CC(=O)/C1=C(/O)CCCN1C(=O)c2ccccc2C1=O. The Bertz CT molecular complexity index is 890. The number of carbonyl (C=O) groups is 3. The number of hydrogen-bond acceptors (Lipinski definition) is 5. The van der Waals surface area contributed by atoms with Crippen molar-refractivity contribution in [2.75, 3.05) is 6.54 Å². The van der Waals surface area contributed by atoms with Crippen LogP contribution in [0, 0.1) is 5.41 Å². The normalized spacial score (nSPS) is 21.9. The van der Waals surface area contributed by atoms with Crippen molar-refractivity contribution in [3.63, 3.8) is 0 Å². The first-order valence-electron chi connectivity index (χ1n) is 10.1. The Balaban J connectivity index is 1.73. The summed E-state index contributed by atoms with van der Waals surface area (Å²) in [5, 5.41) is 10.7. The minimum absolute atomic E-state index is 0.00140. The summed E-state index contributed by atoms with van der Waals surface area (Å²) in [4.78, 5) is 43.4. The number of imide groups is 1. The molecular weight excluding hydrogens is 368 g/mol. The van der Waals surface area contributed by atoms with Crippen molar-refractivity contribution in [3.8, 4) is 0 Å². The minimum Gasteiger partial charge on any atom is -0.511 e. The monoisotopic (exact) mass is 396 g/mol. The number of amides is 2. The van der Waals surface area contributed by atoms with Crippen LogP contribution in [0.1, 0.15) is 74.1 Å². The number of allylic oxidation sites excluding steroid dienone is 2. The van der Waals surface area contributed by atoms with Crippen LogP contribution in [0.25, 0.3) is 0 Å². The third-order valence-electron chi connectivity index (χ3n) is 5.23. The molecule has 6 nitrogen and oxygen atoms in total. The number of aliphatic hydroxyl groups is 1. The van der Waals surface area contributed by atoms with Crippen LogP contribution >= 0.6 is 0 Å². The zero-order valence-corrected chi connectivity index (χ0v) is 17.5. The van der Waals surface area contributed by atoms with Gasteiger partial charge in [0.1, 0.15) is 5.76 Å². The third kappa shape index (κ3) is 4.31. The molecule has 1 aliphatic carbocycles. The molecule has 1 saturated carbocycles. The van der Waals surface area contributed by atoms with Gasteiger partial charge in [0.2, 0.25) is 0 Å². The standard InChI is InChI=1S/C23H28N2O4/c1-14(2)24-17-12-23(3,4)13-19(27)20(17)18(26)10-7-11-25-21(28)15-8-5-6-9-16(15)22(25)29/h5-6,8-9,14,26H,7,10-13H2,1-4H3/b20-18+,24-17?. The molecule has 1 fully saturated rings. The Labute approximate surface area is 171 Å². The molecule has 6 heteroatoms. The number of fused-ring (bicyclic) bond motifs is 1. The zero-order chi connectivity index (χ0) is 21.3. The highest BCUT2D eigenvalue weighted by molar-refractivity contribution is 6.24. The smallest absolute Gasteiger partial charge is 0.261 e. The van der Waals surface area contributed by atoms with E-state index in [0.29, 0.717) is 41.7 Å². The average Bonchev–Trinajstić information content (AvgIpc) is 2.85. The number of nitrogens with zero attached hydrogens (tertiary/aromatic N) is 2. The van der Waals surface area contributed by atoms with Gasteiger partial charge in [-0.2, -0.15) is 0 Å². The van der Waals surface area contributed by atoms with Crippen LogP contribution in [0.2, 0.25) is 0 Å². The van der Waals surface area contributed by atoms with E-state index in [1.165, 1.54) is 4.90 Å². The van der Waals surface area contributed by atoms with E-state index in [4.69, 9.17) is 0 Å². The molecule has 0 atom stereocenters. The molecule has 0 radical (unpaired) electrons. The quantitative estimate of drug-likeness (QED) is 0.461. The molecule has 0 bridgehead atoms. The first kappa shape index (κ1) is 21.0. The van der Waals surface area contributed by atoms with Gasteiger partial charge in [-0.1, -0.05) is 26.0 Å². The molecule has 2 amide bonds. The van der Waals surface area contributed by atoms with Crippen molar-refractivity contribution >= 4 is 23.3 Å². The van der Waals surface area contributed by atoms with Crippen molar-refractivity contribution in [2.24, 2.45) is 10.4 Å². The van der Waals surface area contributed by atoms with Crippen molar-refractivity contribution in [2.45, 2.75) is 59.4 Å². The highest BCUT2D eigenvalue weighted by Gasteiger charge is 2.37. The Morgan fingerprint density at radius 3 is 2.24 bits per heavy atom. The number of ketones is 1. The van der Waals surface area contributed by atoms with E-state index in [0.717, 1.165) is 0 Å². The molecular formula is C23H28N2O4. The largest absolute Gasteiger partial charge is 0.511 e. The van der Waals surface area contributed by atoms with Crippen LogP contribution in [0.4, 0.5) is 0 Å². The van der Waals surface area contributed by atoms with E-state index in [-0.39, 0.29) is 47.8 Å². The van der Waals surface area contributed by atoms with E-state index in [1.54, 1.807) is 24.3 Å². The van der Waals surface area contributed by atoms with Crippen molar-refractivity contribution < 1.29 is 19.5 Å². The summed E-state index contributed by atoms with van der Waals surface area (Å²) in [5.74, 6) is -0.717. The predicted octanol–water partition coefficient (Wildman–Crippen LogP) is 4.11. The molecule has 0 saturated heterocycles. The topological polar surface area (TPSA) is 87.0 Å². The Morgan fingerprint density at radius 2 is 1.69 bits per heavy atom. The number of hydrogen-bond donors (Lipinski definition) is 1. The number of rotatable bonds is 5. The van der Waals surface area contributed by atoms with E-state index < -0.39 is 0 Å². The fourth-order valence-electron chi connectivity index (χ4n) is 4.01. The Hall–Kier alpha value is -2.76. The fourth-order valence-corrected chi connectivity index (χ4v) is 4.01. The number of benzene rings is 1. The van der Waals surface area contributed by atoms with E-state index in [2.05, 4.69) is 4.99 Å². The van der Waals surface area contributed by atoms with Gasteiger partial charge in [-0.05, 0) is 44.2 Å². The van der Waals surface area contributed by atoms with Gasteiger partial charge in [0.25, 0.3) is 11.8 Å². The number of carbonyl (C=O) groups excluding carboxylic acids is 3. The van der Waals surface area contributed by atoms with Crippen LogP contribution in [-0.2, 0) is 4.79 Å². The summed E-state index contributed by atoms with van der Waals surface area (Å²) in [7, 11) is 0. The van der Waals surface area contributed by atoms with Crippen LogP contribution in [0.15, 0.2) is 40.6 Å². The van der Waals surface area contributed by atoms with Gasteiger partial charge < -0.3 is 5.11 Å². The number of Topliss-reactive ketones (excluding diaryl/α,β-unsaturated/α-hetero) is 1. The highest BCUT2D eigenvalue weighted by Crippen LogP contribution is 2.36. The summed E-state index contributed by atoms with van der Waals surface area (Å²) >= 11 is 0. The van der Waals surface area contributed by atoms with Crippen LogP contribution in [0.3, 0.4) is 0 Å². The Kier molecular flexibility index (Phi) is 5.73. The molecule has 0 spiro atoms. The summed E-state index contributed by atoms with van der Waals surface area (Å²) in [6.07, 6.45) is 1.59. The average molecular weight is 396 g/mol. The Morgan fingerprint density at radius 1 is 1.10 bits per heavy atom. The van der Waals surface area contributed by atoms with Gasteiger partial charge in [0.05, 0.1) is 16.7 Å². The fraction of sp³-hybridized carbons (Fsp3) is 0.478. The maximum Gasteiger partial charge on any atom is 0.261 e. The highest BCUT2D eigenvalue weighted by atomic mass is 16.3. The second-order valence-corrected chi connectivity index (χ2v) is 8.84. The second-order valence-electron chi connectivity index (χ2n) is 8.84. The lowest BCUT2D eigenvalue weighted by atomic mass is 9.73. The molecule has 3 rings (SSSR count). The maximum absolute atomic E-state index is 12.7. The summed E-state index contributed by atoms with van der Waals surface area (Å²) in [6, 6.07) is 6.77. The van der Waals surface area contributed by atoms with Gasteiger partial charge in [-0.25, -0.2) is 0 Å². The lowest BCUT2D eigenvalue weighted by Crippen LogP contribution is -2.33. The first-order chi connectivity index (χ1) is 13.6. The molecule has 2 aliphatic rings. The van der Waals surface area contributed by atoms with Gasteiger partial charge in [-0.3, -0.25) is 24.3 Å². The van der Waals surface area contributed by atoms with E-state index in [9.17, 15) is 19.5 Å². The number of aliphatic hydroxyl groups excluding tert-OH is 1.